The van der Waals surface area contributed by atoms with Crippen molar-refractivity contribution in [2.24, 2.45) is 5.41 Å². The highest BCUT2D eigenvalue weighted by atomic mass is 35.5. The van der Waals surface area contributed by atoms with Gasteiger partial charge in [0.1, 0.15) is 0 Å². The number of nitrogens with one attached hydrogen (secondary N) is 1. The van der Waals surface area contributed by atoms with Gasteiger partial charge in [-0.3, -0.25) is 4.79 Å². The summed E-state index contributed by atoms with van der Waals surface area (Å²) < 4.78 is 0. The second kappa shape index (κ2) is 6.21. The summed E-state index contributed by atoms with van der Waals surface area (Å²) in [5.74, 6) is 0.205. The van der Waals surface area contributed by atoms with Crippen LogP contribution < -0.4 is 10.2 Å². The number of benzene rings is 1. The smallest absolute Gasteiger partial charge is 0.233 e. The zero-order valence-corrected chi connectivity index (χ0v) is 11.8. The Morgan fingerprint density at radius 2 is 2.00 bits per heavy atom. The van der Waals surface area contributed by atoms with Crippen LogP contribution in [-0.2, 0) is 4.79 Å². The number of rotatable bonds is 2. The minimum Gasteiger partial charge on any atom is -0.316 e. The maximum Gasteiger partial charge on any atom is 0.233 e. The molecule has 1 saturated heterocycles. The second-order valence-electron chi connectivity index (χ2n) is 5.04. The van der Waals surface area contributed by atoms with Crippen molar-refractivity contribution < 1.29 is 4.79 Å². The lowest BCUT2D eigenvalue weighted by Gasteiger charge is -2.36. The van der Waals surface area contributed by atoms with E-state index in [-0.39, 0.29) is 23.7 Å². The minimum absolute atomic E-state index is 0. The lowest BCUT2D eigenvalue weighted by atomic mass is 9.81. The van der Waals surface area contributed by atoms with E-state index in [1.165, 1.54) is 0 Å². The van der Waals surface area contributed by atoms with Gasteiger partial charge in [-0.25, -0.2) is 0 Å². The number of amides is 1. The van der Waals surface area contributed by atoms with Gasteiger partial charge in [-0.05, 0) is 38.4 Å². The van der Waals surface area contributed by atoms with E-state index in [0.717, 1.165) is 31.6 Å². The van der Waals surface area contributed by atoms with Crippen LogP contribution in [0.25, 0.3) is 0 Å². The lowest BCUT2D eigenvalue weighted by molar-refractivity contribution is -0.128. The molecule has 1 heterocycles. The first kappa shape index (κ1) is 15.0. The van der Waals surface area contributed by atoms with Gasteiger partial charge in [0, 0.05) is 19.3 Å². The fraction of sp³-hybridized carbons (Fsp3) is 0.500. The van der Waals surface area contributed by atoms with Crippen molar-refractivity contribution in [3.63, 3.8) is 0 Å². The molecule has 0 radical (unpaired) electrons. The van der Waals surface area contributed by atoms with Gasteiger partial charge in [-0.1, -0.05) is 18.2 Å². The minimum atomic E-state index is -0.261. The standard InChI is InChI=1S/C14H20N2O.ClH/c1-14(9-6-10-15-11-14)13(17)16(2)12-7-4-3-5-8-12;/h3-5,7-8,15H,6,9-11H2,1-2H3;1H. The summed E-state index contributed by atoms with van der Waals surface area (Å²) in [6.07, 6.45) is 2.04. The van der Waals surface area contributed by atoms with E-state index in [2.05, 4.69) is 12.2 Å². The van der Waals surface area contributed by atoms with E-state index in [0.29, 0.717) is 0 Å². The van der Waals surface area contributed by atoms with Gasteiger partial charge in [0.2, 0.25) is 5.91 Å². The Labute approximate surface area is 115 Å². The molecule has 1 aliphatic rings. The zero-order valence-electron chi connectivity index (χ0n) is 11.0. The maximum absolute atomic E-state index is 12.5. The van der Waals surface area contributed by atoms with Crippen LogP contribution in [-0.4, -0.2) is 26.0 Å². The summed E-state index contributed by atoms with van der Waals surface area (Å²) in [6, 6.07) is 9.82. The molecule has 4 heteroatoms. The number of carbonyl (C=O) groups excluding carboxylic acids is 1. The third-order valence-corrected chi connectivity index (χ3v) is 3.56. The number of para-hydroxylation sites is 1. The van der Waals surface area contributed by atoms with Crippen molar-refractivity contribution in [2.45, 2.75) is 19.8 Å². The zero-order chi connectivity index (χ0) is 12.3. The van der Waals surface area contributed by atoms with E-state index >= 15 is 0 Å². The average molecular weight is 269 g/mol. The first-order valence-corrected chi connectivity index (χ1v) is 6.17. The van der Waals surface area contributed by atoms with Gasteiger partial charge < -0.3 is 10.2 Å². The largest absolute Gasteiger partial charge is 0.316 e. The van der Waals surface area contributed by atoms with Crippen LogP contribution in [0.2, 0.25) is 0 Å². The number of halogens is 1. The summed E-state index contributed by atoms with van der Waals surface area (Å²) in [6.45, 7) is 3.86. The van der Waals surface area contributed by atoms with Crippen molar-refractivity contribution in [1.29, 1.82) is 0 Å². The summed E-state index contributed by atoms with van der Waals surface area (Å²) in [4.78, 5) is 14.3. The highest BCUT2D eigenvalue weighted by Gasteiger charge is 2.36. The van der Waals surface area contributed by atoms with E-state index in [1.807, 2.05) is 37.4 Å². The van der Waals surface area contributed by atoms with Crippen LogP contribution in [0.5, 0.6) is 0 Å². The van der Waals surface area contributed by atoms with Gasteiger partial charge in [0.25, 0.3) is 0 Å². The van der Waals surface area contributed by atoms with Crippen molar-refractivity contribution in [3.05, 3.63) is 30.3 Å². The predicted molar refractivity (Wildman–Crippen MR) is 77.3 cm³/mol. The van der Waals surface area contributed by atoms with Crippen LogP contribution in [0.15, 0.2) is 30.3 Å². The van der Waals surface area contributed by atoms with E-state index in [9.17, 15) is 4.79 Å². The van der Waals surface area contributed by atoms with Crippen molar-refractivity contribution in [3.8, 4) is 0 Å². The normalized spacial score (nSPS) is 23.0. The van der Waals surface area contributed by atoms with Crippen molar-refractivity contribution in [2.75, 3.05) is 25.0 Å². The van der Waals surface area contributed by atoms with Crippen molar-refractivity contribution >= 4 is 24.0 Å². The molecule has 1 N–H and O–H groups in total. The molecule has 0 spiro atoms. The van der Waals surface area contributed by atoms with Gasteiger partial charge in [0.05, 0.1) is 5.41 Å². The summed E-state index contributed by atoms with van der Waals surface area (Å²) >= 11 is 0. The highest BCUT2D eigenvalue weighted by Crippen LogP contribution is 2.29. The van der Waals surface area contributed by atoms with Gasteiger partial charge in [-0.2, -0.15) is 0 Å². The van der Waals surface area contributed by atoms with Crippen LogP contribution >= 0.6 is 12.4 Å². The number of hydrogen-bond donors (Lipinski definition) is 1. The third-order valence-electron chi connectivity index (χ3n) is 3.56. The molecule has 3 nitrogen and oxygen atoms in total. The van der Waals surface area contributed by atoms with Crippen LogP contribution in [0.4, 0.5) is 5.69 Å². The highest BCUT2D eigenvalue weighted by molar-refractivity contribution is 5.97. The number of anilines is 1. The molecule has 1 aromatic rings. The Morgan fingerprint density at radius 3 is 2.56 bits per heavy atom. The topological polar surface area (TPSA) is 32.3 Å². The Hall–Kier alpha value is -1.06. The maximum atomic E-state index is 12.5. The first-order valence-electron chi connectivity index (χ1n) is 6.17. The SMILES string of the molecule is CN(C(=O)C1(C)CCCNC1)c1ccccc1.Cl. The molecule has 0 bridgehead atoms. The monoisotopic (exact) mass is 268 g/mol. The Balaban J connectivity index is 0.00000162. The molecule has 1 amide bonds. The summed E-state index contributed by atoms with van der Waals surface area (Å²) in [7, 11) is 1.86. The molecule has 18 heavy (non-hydrogen) atoms. The van der Waals surface area contributed by atoms with Crippen molar-refractivity contribution in [1.82, 2.24) is 5.32 Å². The molecule has 100 valence electrons. The van der Waals surface area contributed by atoms with Crippen LogP contribution in [0, 0.1) is 5.41 Å². The average Bonchev–Trinajstić information content (AvgIpc) is 2.39. The summed E-state index contributed by atoms with van der Waals surface area (Å²) in [5.41, 5.74) is 0.701. The molecule has 1 aromatic carbocycles. The van der Waals surface area contributed by atoms with E-state index in [4.69, 9.17) is 0 Å². The van der Waals surface area contributed by atoms with Gasteiger partial charge in [-0.15, -0.1) is 12.4 Å². The quantitative estimate of drug-likeness (QED) is 0.894. The fourth-order valence-corrected chi connectivity index (χ4v) is 2.41. The van der Waals surface area contributed by atoms with E-state index in [1.54, 1.807) is 4.90 Å². The molecular weight excluding hydrogens is 248 g/mol. The van der Waals surface area contributed by atoms with Gasteiger partial charge >= 0.3 is 0 Å². The fourth-order valence-electron chi connectivity index (χ4n) is 2.41. The summed E-state index contributed by atoms with van der Waals surface area (Å²) in [5, 5.41) is 3.32. The van der Waals surface area contributed by atoms with Gasteiger partial charge in [0.15, 0.2) is 0 Å². The second-order valence-corrected chi connectivity index (χ2v) is 5.04. The molecule has 0 aromatic heterocycles. The number of hydrogen-bond acceptors (Lipinski definition) is 2. The number of nitrogens with zero attached hydrogens (tertiary/aromatic N) is 1. The molecular formula is C14H21ClN2O. The number of carbonyl (C=O) groups is 1. The molecule has 1 aliphatic heterocycles. The Kier molecular flexibility index (Phi) is 5.17. The molecule has 1 fully saturated rings. The lowest BCUT2D eigenvalue weighted by Crippen LogP contribution is -2.49. The molecule has 1 atom stereocenters. The van der Waals surface area contributed by atoms with Crippen LogP contribution in [0.1, 0.15) is 19.8 Å². The molecule has 0 saturated carbocycles. The molecule has 2 rings (SSSR count). The van der Waals surface area contributed by atoms with E-state index < -0.39 is 0 Å². The first-order chi connectivity index (χ1) is 8.13. The molecule has 0 aliphatic carbocycles. The Bertz CT molecular complexity index is 388. The molecule has 1 unspecified atom stereocenters. The third kappa shape index (κ3) is 3.03. The number of piperidine rings is 1. The Morgan fingerprint density at radius 1 is 1.33 bits per heavy atom. The van der Waals surface area contributed by atoms with Crippen LogP contribution in [0.3, 0.4) is 0 Å². The predicted octanol–water partition coefficient (Wildman–Crippen LogP) is 2.46.